The molecule has 0 radical (unpaired) electrons. The highest BCUT2D eigenvalue weighted by molar-refractivity contribution is 6.16. The van der Waals surface area contributed by atoms with E-state index < -0.39 is 5.91 Å². The number of ketones is 1. The summed E-state index contributed by atoms with van der Waals surface area (Å²) >= 11 is 0. The maximum atomic E-state index is 13.3. The topological polar surface area (TPSA) is 131 Å². The zero-order valence-corrected chi connectivity index (χ0v) is 17.3. The second-order valence-electron chi connectivity index (χ2n) is 7.55. The van der Waals surface area contributed by atoms with Gasteiger partial charge >= 0.3 is 0 Å². The molecular formula is C22H18N8O2. The second kappa shape index (κ2) is 7.65. The van der Waals surface area contributed by atoms with Crippen molar-refractivity contribution in [3.05, 3.63) is 72.3 Å². The van der Waals surface area contributed by atoms with Crippen LogP contribution < -0.4 is 5.32 Å². The van der Waals surface area contributed by atoms with Crippen molar-refractivity contribution >= 4 is 39.4 Å². The summed E-state index contributed by atoms with van der Waals surface area (Å²) in [4.78, 5) is 42.7. The molecule has 0 saturated carbocycles. The van der Waals surface area contributed by atoms with Crippen molar-refractivity contribution in [3.63, 3.8) is 0 Å². The van der Waals surface area contributed by atoms with E-state index >= 15 is 0 Å². The largest absolute Gasteiger partial charge is 0.329 e. The molecule has 158 valence electrons. The van der Waals surface area contributed by atoms with Gasteiger partial charge in [-0.2, -0.15) is 5.10 Å². The molecule has 5 aromatic rings. The van der Waals surface area contributed by atoms with Crippen molar-refractivity contribution in [2.75, 3.05) is 5.32 Å². The summed E-state index contributed by atoms with van der Waals surface area (Å²) in [5, 5.41) is 10.8. The standard InChI is InChI=1S/C22H18N8O2/c1-12(2)30-10-17(16-9-24-11-25-21(16)30)19(31)14-5-15(8-23-6-14)27-22(32)18-4-3-13-7-26-29-20(13)28-18/h3-12H,1-2H3,(H,27,32)(H,26,28,29). The van der Waals surface area contributed by atoms with Crippen molar-refractivity contribution in [2.24, 2.45) is 0 Å². The van der Waals surface area contributed by atoms with E-state index in [9.17, 15) is 9.59 Å². The Balaban J connectivity index is 1.44. The minimum absolute atomic E-state index is 0.123. The van der Waals surface area contributed by atoms with E-state index in [1.54, 1.807) is 36.8 Å². The Kier molecular flexibility index (Phi) is 4.66. The summed E-state index contributed by atoms with van der Waals surface area (Å²) in [6.07, 6.45) is 9.44. The molecule has 0 aliphatic heterocycles. The van der Waals surface area contributed by atoms with Gasteiger partial charge in [-0.05, 0) is 32.0 Å². The Morgan fingerprint density at radius 1 is 1.09 bits per heavy atom. The van der Waals surface area contributed by atoms with Gasteiger partial charge in [0.1, 0.15) is 17.7 Å². The van der Waals surface area contributed by atoms with Crippen molar-refractivity contribution in [1.82, 2.24) is 34.7 Å². The molecule has 0 aliphatic carbocycles. The van der Waals surface area contributed by atoms with Crippen LogP contribution in [0, 0.1) is 0 Å². The van der Waals surface area contributed by atoms with Gasteiger partial charge < -0.3 is 9.88 Å². The lowest BCUT2D eigenvalue weighted by Gasteiger charge is -2.07. The van der Waals surface area contributed by atoms with E-state index in [1.807, 2.05) is 18.4 Å². The smallest absolute Gasteiger partial charge is 0.274 e. The van der Waals surface area contributed by atoms with Crippen LogP contribution in [0.1, 0.15) is 46.3 Å². The Hall–Kier alpha value is -4.47. The number of anilines is 1. The summed E-state index contributed by atoms with van der Waals surface area (Å²) < 4.78 is 1.93. The fraction of sp³-hybridized carbons (Fsp3) is 0.136. The SMILES string of the molecule is CC(C)n1cc(C(=O)c2cncc(NC(=O)c3ccc4cn[nH]c4n3)c2)c2cncnc21. The number of hydrogen-bond acceptors (Lipinski definition) is 7. The van der Waals surface area contributed by atoms with Gasteiger partial charge in [0.25, 0.3) is 5.91 Å². The predicted molar refractivity (Wildman–Crippen MR) is 117 cm³/mol. The molecule has 0 fully saturated rings. The summed E-state index contributed by atoms with van der Waals surface area (Å²) in [5.41, 5.74) is 2.63. The minimum atomic E-state index is -0.419. The lowest BCUT2D eigenvalue weighted by atomic mass is 10.1. The lowest BCUT2D eigenvalue weighted by molar-refractivity contribution is 0.101. The third-order valence-corrected chi connectivity index (χ3v) is 5.09. The zero-order chi connectivity index (χ0) is 22.2. The molecule has 0 aliphatic rings. The van der Waals surface area contributed by atoms with Crippen LogP contribution in [0.4, 0.5) is 5.69 Å². The van der Waals surface area contributed by atoms with Crippen LogP contribution in [0.2, 0.25) is 0 Å². The molecule has 0 aromatic carbocycles. The monoisotopic (exact) mass is 426 g/mol. The first-order valence-corrected chi connectivity index (χ1v) is 9.93. The van der Waals surface area contributed by atoms with Gasteiger partial charge in [0, 0.05) is 41.0 Å². The molecule has 32 heavy (non-hydrogen) atoms. The first kappa shape index (κ1) is 19.5. The Morgan fingerprint density at radius 3 is 2.81 bits per heavy atom. The number of fused-ring (bicyclic) bond motifs is 2. The normalized spacial score (nSPS) is 11.3. The number of hydrogen-bond donors (Lipinski definition) is 2. The first-order chi connectivity index (χ1) is 15.5. The molecule has 1 amide bonds. The zero-order valence-electron chi connectivity index (χ0n) is 17.3. The minimum Gasteiger partial charge on any atom is -0.329 e. The Morgan fingerprint density at radius 2 is 1.97 bits per heavy atom. The van der Waals surface area contributed by atoms with Crippen LogP contribution >= 0.6 is 0 Å². The highest BCUT2D eigenvalue weighted by atomic mass is 16.2. The maximum Gasteiger partial charge on any atom is 0.274 e. The molecular weight excluding hydrogens is 408 g/mol. The van der Waals surface area contributed by atoms with E-state index in [0.717, 1.165) is 5.39 Å². The first-order valence-electron chi connectivity index (χ1n) is 9.93. The molecule has 0 saturated heterocycles. The number of nitrogens with zero attached hydrogens (tertiary/aromatic N) is 6. The maximum absolute atomic E-state index is 13.3. The fourth-order valence-electron chi connectivity index (χ4n) is 3.50. The van der Waals surface area contributed by atoms with Crippen LogP contribution in [-0.2, 0) is 0 Å². The van der Waals surface area contributed by atoms with Gasteiger partial charge in [0.05, 0.1) is 23.6 Å². The number of pyridine rings is 2. The summed E-state index contributed by atoms with van der Waals surface area (Å²) in [6, 6.07) is 5.07. The summed E-state index contributed by atoms with van der Waals surface area (Å²) in [6.45, 7) is 4.03. The van der Waals surface area contributed by atoms with E-state index in [2.05, 4.69) is 35.5 Å². The van der Waals surface area contributed by atoms with E-state index in [1.165, 1.54) is 18.7 Å². The van der Waals surface area contributed by atoms with Gasteiger partial charge in [-0.15, -0.1) is 0 Å². The third-order valence-electron chi connectivity index (χ3n) is 5.09. The number of amides is 1. The number of rotatable bonds is 5. The average Bonchev–Trinajstić information content (AvgIpc) is 3.43. The highest BCUT2D eigenvalue weighted by Gasteiger charge is 2.20. The van der Waals surface area contributed by atoms with Crippen LogP contribution in [0.3, 0.4) is 0 Å². The van der Waals surface area contributed by atoms with Crippen LogP contribution in [-0.4, -0.2) is 46.4 Å². The summed E-state index contributed by atoms with van der Waals surface area (Å²) in [7, 11) is 0. The van der Waals surface area contributed by atoms with Crippen LogP contribution in [0.5, 0.6) is 0 Å². The average molecular weight is 426 g/mol. The van der Waals surface area contributed by atoms with Crippen LogP contribution in [0.15, 0.2) is 55.5 Å². The Bertz CT molecular complexity index is 1480. The lowest BCUT2D eigenvalue weighted by Crippen LogP contribution is -2.14. The van der Waals surface area contributed by atoms with Gasteiger partial charge in [-0.25, -0.2) is 15.0 Å². The molecule has 5 heterocycles. The van der Waals surface area contributed by atoms with E-state index in [4.69, 9.17) is 0 Å². The number of H-pyrrole nitrogens is 1. The van der Waals surface area contributed by atoms with Gasteiger partial charge in [-0.3, -0.25) is 19.7 Å². The number of carbonyl (C=O) groups excluding carboxylic acids is 2. The Labute approximate surface area is 181 Å². The molecule has 5 rings (SSSR count). The molecule has 0 atom stereocenters. The van der Waals surface area contributed by atoms with Crippen molar-refractivity contribution in [2.45, 2.75) is 19.9 Å². The second-order valence-corrected chi connectivity index (χ2v) is 7.55. The fourth-order valence-corrected chi connectivity index (χ4v) is 3.50. The molecule has 10 heteroatoms. The summed E-state index contributed by atoms with van der Waals surface area (Å²) in [5.74, 6) is -0.650. The third kappa shape index (κ3) is 3.37. The van der Waals surface area contributed by atoms with E-state index in [0.29, 0.717) is 33.5 Å². The number of nitrogens with one attached hydrogen (secondary N) is 2. The quantitative estimate of drug-likeness (QED) is 0.413. The molecule has 10 nitrogen and oxygen atoms in total. The van der Waals surface area contributed by atoms with Gasteiger partial charge in [-0.1, -0.05) is 0 Å². The molecule has 2 N–H and O–H groups in total. The molecule has 0 spiro atoms. The molecule has 0 unspecified atom stereocenters. The number of aromatic nitrogens is 7. The molecule has 0 bridgehead atoms. The number of aromatic amines is 1. The molecule has 5 aromatic heterocycles. The highest BCUT2D eigenvalue weighted by Crippen LogP contribution is 2.25. The van der Waals surface area contributed by atoms with Crippen molar-refractivity contribution < 1.29 is 9.59 Å². The van der Waals surface area contributed by atoms with Gasteiger partial charge in [0.15, 0.2) is 11.4 Å². The van der Waals surface area contributed by atoms with Crippen molar-refractivity contribution in [3.8, 4) is 0 Å². The van der Waals surface area contributed by atoms with Gasteiger partial charge in [0.2, 0.25) is 0 Å². The number of carbonyl (C=O) groups is 2. The predicted octanol–water partition coefficient (Wildman–Crippen LogP) is 3.16. The van der Waals surface area contributed by atoms with Crippen LogP contribution in [0.25, 0.3) is 22.1 Å². The van der Waals surface area contributed by atoms with E-state index in [-0.39, 0.29) is 17.5 Å². The van der Waals surface area contributed by atoms with Crippen molar-refractivity contribution in [1.29, 1.82) is 0 Å².